The second-order valence-corrected chi connectivity index (χ2v) is 4.53. The van der Waals surface area contributed by atoms with E-state index < -0.39 is 0 Å². The summed E-state index contributed by atoms with van der Waals surface area (Å²) in [6.07, 6.45) is 0. The van der Waals surface area contributed by atoms with Gasteiger partial charge in [-0.2, -0.15) is 5.10 Å². The van der Waals surface area contributed by atoms with Gasteiger partial charge in [0.2, 0.25) is 0 Å². The number of aromatic nitrogens is 2. The molecule has 4 heteroatoms. The molecule has 1 heterocycles. The molecule has 3 N–H and O–H groups in total. The first-order valence-electron chi connectivity index (χ1n) is 6.17. The first kappa shape index (κ1) is 11.7. The number of hydrogen-bond donors (Lipinski definition) is 2. The number of nitrogens with two attached hydrogens (primary N) is 1. The second-order valence-electron chi connectivity index (χ2n) is 4.53. The molecule has 3 rings (SSSR count). The highest BCUT2D eigenvalue weighted by Crippen LogP contribution is 2.20. The van der Waals surface area contributed by atoms with Crippen LogP contribution in [0.1, 0.15) is 11.1 Å². The number of anilines is 1. The van der Waals surface area contributed by atoms with E-state index in [1.54, 1.807) is 0 Å². The van der Waals surface area contributed by atoms with Crippen molar-refractivity contribution >= 4 is 16.7 Å². The molecule has 0 aliphatic rings. The van der Waals surface area contributed by atoms with Gasteiger partial charge in [-0.1, -0.05) is 36.4 Å². The molecule has 96 valence electrons. The monoisotopic (exact) mass is 253 g/mol. The quantitative estimate of drug-likeness (QED) is 0.751. The second kappa shape index (κ2) is 4.74. The molecule has 0 unspecified atom stereocenters. The molecule has 4 nitrogen and oxygen atoms in total. The molecule has 0 aliphatic carbocycles. The van der Waals surface area contributed by atoms with E-state index in [-0.39, 0.29) is 6.61 Å². The van der Waals surface area contributed by atoms with Crippen molar-refractivity contribution in [3.05, 3.63) is 59.7 Å². The normalized spacial score (nSPS) is 11.0. The Kier molecular flexibility index (Phi) is 2.93. The largest absolute Gasteiger partial charge is 0.392 e. The SMILES string of the molecule is Nc1nn(Cc2ccc(CO)cc2)c2ccccc12. The van der Waals surface area contributed by atoms with E-state index in [0.717, 1.165) is 22.0 Å². The fraction of sp³-hybridized carbons (Fsp3) is 0.133. The predicted octanol–water partition coefficient (Wildman–Crippen LogP) is 2.16. The van der Waals surface area contributed by atoms with Gasteiger partial charge in [-0.05, 0) is 23.3 Å². The van der Waals surface area contributed by atoms with Crippen LogP contribution in [0.4, 0.5) is 5.82 Å². The van der Waals surface area contributed by atoms with Crippen molar-refractivity contribution in [3.63, 3.8) is 0 Å². The van der Waals surface area contributed by atoms with Crippen molar-refractivity contribution < 1.29 is 5.11 Å². The van der Waals surface area contributed by atoms with Gasteiger partial charge in [-0.15, -0.1) is 0 Å². The molecule has 0 atom stereocenters. The molecule has 0 amide bonds. The summed E-state index contributed by atoms with van der Waals surface area (Å²) in [5.41, 5.74) is 8.99. The van der Waals surface area contributed by atoms with E-state index in [1.807, 2.05) is 53.2 Å². The van der Waals surface area contributed by atoms with Gasteiger partial charge in [0.05, 0.1) is 18.7 Å². The van der Waals surface area contributed by atoms with Crippen LogP contribution in [-0.2, 0) is 13.2 Å². The minimum atomic E-state index is 0.0674. The lowest BCUT2D eigenvalue weighted by molar-refractivity contribution is 0.282. The van der Waals surface area contributed by atoms with Crippen molar-refractivity contribution in [2.75, 3.05) is 5.73 Å². The van der Waals surface area contributed by atoms with Crippen molar-refractivity contribution in [1.29, 1.82) is 0 Å². The van der Waals surface area contributed by atoms with Gasteiger partial charge in [0.1, 0.15) is 0 Å². The summed E-state index contributed by atoms with van der Waals surface area (Å²) in [6.45, 7) is 0.737. The smallest absolute Gasteiger partial charge is 0.153 e. The third-order valence-electron chi connectivity index (χ3n) is 3.22. The number of rotatable bonds is 3. The van der Waals surface area contributed by atoms with Crippen LogP contribution in [0, 0.1) is 0 Å². The Balaban J connectivity index is 1.96. The topological polar surface area (TPSA) is 64.1 Å². The van der Waals surface area contributed by atoms with Crippen molar-refractivity contribution in [2.24, 2.45) is 0 Å². The minimum absolute atomic E-state index is 0.0674. The molecule has 19 heavy (non-hydrogen) atoms. The van der Waals surface area contributed by atoms with Crippen molar-refractivity contribution in [1.82, 2.24) is 9.78 Å². The molecular formula is C15H15N3O. The van der Waals surface area contributed by atoms with Crippen LogP contribution in [0.5, 0.6) is 0 Å². The average molecular weight is 253 g/mol. The summed E-state index contributed by atoms with van der Waals surface area (Å²) in [6, 6.07) is 15.8. The molecule has 0 radical (unpaired) electrons. The zero-order valence-electron chi connectivity index (χ0n) is 10.5. The number of fused-ring (bicyclic) bond motifs is 1. The summed E-state index contributed by atoms with van der Waals surface area (Å²) < 4.78 is 1.90. The Bertz CT molecular complexity index is 701. The number of hydrogen-bond acceptors (Lipinski definition) is 3. The average Bonchev–Trinajstić information content (AvgIpc) is 2.77. The predicted molar refractivity (Wildman–Crippen MR) is 75.6 cm³/mol. The minimum Gasteiger partial charge on any atom is -0.392 e. The van der Waals surface area contributed by atoms with Gasteiger partial charge in [-0.25, -0.2) is 0 Å². The lowest BCUT2D eigenvalue weighted by Gasteiger charge is -2.04. The molecular weight excluding hydrogens is 238 g/mol. The maximum atomic E-state index is 9.03. The number of benzene rings is 2. The van der Waals surface area contributed by atoms with Crippen LogP contribution in [0.2, 0.25) is 0 Å². The van der Waals surface area contributed by atoms with E-state index in [9.17, 15) is 0 Å². The Labute approximate surface area is 111 Å². The molecule has 0 saturated carbocycles. The number of para-hydroxylation sites is 1. The van der Waals surface area contributed by atoms with Crippen molar-refractivity contribution in [2.45, 2.75) is 13.2 Å². The van der Waals surface area contributed by atoms with Crippen LogP contribution in [0.25, 0.3) is 10.9 Å². The Hall–Kier alpha value is -2.33. The number of aliphatic hydroxyl groups is 1. The van der Waals surface area contributed by atoms with Gasteiger partial charge in [0, 0.05) is 5.39 Å². The lowest BCUT2D eigenvalue weighted by Crippen LogP contribution is -2.02. The zero-order valence-corrected chi connectivity index (χ0v) is 10.5. The van der Waals surface area contributed by atoms with Gasteiger partial charge in [0.15, 0.2) is 5.82 Å². The van der Waals surface area contributed by atoms with Gasteiger partial charge in [-0.3, -0.25) is 4.68 Å². The summed E-state index contributed by atoms with van der Waals surface area (Å²) in [7, 11) is 0. The highest BCUT2D eigenvalue weighted by Gasteiger charge is 2.07. The van der Waals surface area contributed by atoms with E-state index in [4.69, 9.17) is 10.8 Å². The Morgan fingerprint density at radius 3 is 2.42 bits per heavy atom. The van der Waals surface area contributed by atoms with Crippen LogP contribution in [0.15, 0.2) is 48.5 Å². The van der Waals surface area contributed by atoms with E-state index in [2.05, 4.69) is 5.10 Å². The van der Waals surface area contributed by atoms with Gasteiger partial charge in [0.25, 0.3) is 0 Å². The number of nitrogens with zero attached hydrogens (tertiary/aromatic N) is 2. The lowest BCUT2D eigenvalue weighted by atomic mass is 10.1. The first-order valence-corrected chi connectivity index (χ1v) is 6.17. The van der Waals surface area contributed by atoms with Crippen LogP contribution in [0.3, 0.4) is 0 Å². The summed E-state index contributed by atoms with van der Waals surface area (Å²) >= 11 is 0. The molecule has 2 aromatic carbocycles. The molecule has 0 saturated heterocycles. The van der Waals surface area contributed by atoms with Crippen LogP contribution < -0.4 is 5.73 Å². The summed E-state index contributed by atoms with van der Waals surface area (Å²) in [5.74, 6) is 0.558. The highest BCUT2D eigenvalue weighted by atomic mass is 16.3. The highest BCUT2D eigenvalue weighted by molar-refractivity contribution is 5.89. The third kappa shape index (κ3) is 2.18. The molecule has 0 aliphatic heterocycles. The summed E-state index contributed by atoms with van der Waals surface area (Å²) in [5, 5.41) is 14.4. The van der Waals surface area contributed by atoms with Crippen LogP contribution in [-0.4, -0.2) is 14.9 Å². The molecule has 0 bridgehead atoms. The van der Waals surface area contributed by atoms with E-state index in [1.165, 1.54) is 0 Å². The fourth-order valence-corrected chi connectivity index (χ4v) is 2.20. The molecule has 1 aromatic heterocycles. The first-order chi connectivity index (χ1) is 9.28. The van der Waals surface area contributed by atoms with Gasteiger partial charge < -0.3 is 10.8 Å². The molecule has 0 spiro atoms. The van der Waals surface area contributed by atoms with E-state index >= 15 is 0 Å². The standard InChI is InChI=1S/C15H15N3O/c16-15-13-3-1-2-4-14(13)18(17-15)9-11-5-7-12(10-19)8-6-11/h1-8,19H,9-10H2,(H2,16,17). The molecule has 3 aromatic rings. The zero-order chi connectivity index (χ0) is 13.2. The maximum Gasteiger partial charge on any atom is 0.153 e. The maximum absolute atomic E-state index is 9.03. The third-order valence-corrected chi connectivity index (χ3v) is 3.22. The van der Waals surface area contributed by atoms with E-state index in [0.29, 0.717) is 12.4 Å². The fourth-order valence-electron chi connectivity index (χ4n) is 2.20. The molecule has 0 fully saturated rings. The summed E-state index contributed by atoms with van der Waals surface area (Å²) in [4.78, 5) is 0. The Morgan fingerprint density at radius 2 is 1.68 bits per heavy atom. The van der Waals surface area contributed by atoms with Crippen molar-refractivity contribution in [3.8, 4) is 0 Å². The number of nitrogen functional groups attached to an aromatic ring is 1. The Morgan fingerprint density at radius 1 is 1.00 bits per heavy atom. The number of aliphatic hydroxyl groups excluding tert-OH is 1. The van der Waals surface area contributed by atoms with Gasteiger partial charge >= 0.3 is 0 Å². The van der Waals surface area contributed by atoms with Crippen LogP contribution >= 0.6 is 0 Å².